The molecule has 0 saturated heterocycles. The lowest BCUT2D eigenvalue weighted by molar-refractivity contribution is -0.385. The van der Waals surface area contributed by atoms with Crippen LogP contribution < -0.4 is 0 Å². The van der Waals surface area contributed by atoms with Gasteiger partial charge in [0.1, 0.15) is 0 Å². The summed E-state index contributed by atoms with van der Waals surface area (Å²) in [5.74, 6) is -0.145. The Morgan fingerprint density at radius 3 is 2.56 bits per heavy atom. The minimum absolute atomic E-state index is 0.122. The Hall–Kier alpha value is -3.55. The Kier molecular flexibility index (Phi) is 4.79. The highest BCUT2D eigenvalue weighted by Gasteiger charge is 2.17. The molecule has 3 aromatic rings. The summed E-state index contributed by atoms with van der Waals surface area (Å²) in [5.41, 5.74) is 0.920. The maximum Gasteiger partial charge on any atom is 0.311 e. The molecule has 0 spiro atoms. The Bertz CT molecular complexity index is 892. The second kappa shape index (κ2) is 7.35. The van der Waals surface area contributed by atoms with Gasteiger partial charge in [-0.1, -0.05) is 36.4 Å². The molecule has 8 nitrogen and oxygen atoms in total. The Morgan fingerprint density at radius 2 is 1.80 bits per heavy atom. The molecule has 0 N–H and O–H groups in total. The van der Waals surface area contributed by atoms with Crippen molar-refractivity contribution >= 4 is 11.7 Å². The van der Waals surface area contributed by atoms with Crippen molar-refractivity contribution in [3.63, 3.8) is 0 Å². The van der Waals surface area contributed by atoms with Gasteiger partial charge < -0.3 is 9.15 Å². The summed E-state index contributed by atoms with van der Waals surface area (Å²) in [4.78, 5) is 22.3. The van der Waals surface area contributed by atoms with Gasteiger partial charge >= 0.3 is 5.97 Å². The number of ether oxygens (including phenoxy) is 1. The fraction of sp³-hybridized carbons (Fsp3) is 0.118. The summed E-state index contributed by atoms with van der Waals surface area (Å²) in [6.07, 6.45) is -0.211. The number of carbonyl (C=O) groups is 1. The van der Waals surface area contributed by atoms with Crippen LogP contribution in [0.3, 0.4) is 0 Å². The second-order valence-corrected chi connectivity index (χ2v) is 5.09. The van der Waals surface area contributed by atoms with Crippen LogP contribution in [-0.4, -0.2) is 21.1 Å². The number of rotatable bonds is 6. The average Bonchev–Trinajstić information content (AvgIpc) is 3.10. The molecule has 0 saturated carbocycles. The number of nitrogens with zero attached hydrogens (tertiary/aromatic N) is 3. The molecule has 2 aromatic carbocycles. The molecule has 1 heterocycles. The van der Waals surface area contributed by atoms with Crippen molar-refractivity contribution < 1.29 is 18.9 Å². The fourth-order valence-electron chi connectivity index (χ4n) is 2.20. The van der Waals surface area contributed by atoms with E-state index < -0.39 is 10.9 Å². The van der Waals surface area contributed by atoms with Crippen LogP contribution in [0.15, 0.2) is 59.0 Å². The van der Waals surface area contributed by atoms with Crippen molar-refractivity contribution in [1.29, 1.82) is 0 Å². The van der Waals surface area contributed by atoms with E-state index in [2.05, 4.69) is 10.2 Å². The number of hydrogen-bond acceptors (Lipinski definition) is 7. The first kappa shape index (κ1) is 16.3. The maximum atomic E-state index is 11.9. The average molecular weight is 339 g/mol. The van der Waals surface area contributed by atoms with Crippen molar-refractivity contribution in [3.05, 3.63) is 76.2 Å². The lowest BCUT2D eigenvalue weighted by Gasteiger charge is -2.03. The van der Waals surface area contributed by atoms with Crippen LogP contribution in [0.25, 0.3) is 11.5 Å². The van der Waals surface area contributed by atoms with E-state index in [1.807, 2.05) is 30.3 Å². The van der Waals surface area contributed by atoms with Crippen LogP contribution in [0, 0.1) is 10.1 Å². The van der Waals surface area contributed by atoms with Gasteiger partial charge in [-0.05, 0) is 12.1 Å². The molecule has 0 aliphatic carbocycles. The molecule has 126 valence electrons. The lowest BCUT2D eigenvalue weighted by atomic mass is 10.1. The number of para-hydroxylation sites is 1. The number of aromatic nitrogens is 2. The minimum atomic E-state index is -0.617. The van der Waals surface area contributed by atoms with Gasteiger partial charge in [0, 0.05) is 17.2 Å². The molecule has 0 amide bonds. The topological polar surface area (TPSA) is 108 Å². The first-order chi connectivity index (χ1) is 12.1. The molecule has 25 heavy (non-hydrogen) atoms. The predicted octanol–water partition coefficient (Wildman–Crippen LogP) is 2.93. The SMILES string of the molecule is O=C(Cc1ccccc1[N+](=O)[O-])OCc1nnc(-c2ccccc2)o1. The molecule has 0 radical (unpaired) electrons. The van der Waals surface area contributed by atoms with Gasteiger partial charge in [-0.15, -0.1) is 10.2 Å². The van der Waals surface area contributed by atoms with E-state index in [9.17, 15) is 14.9 Å². The monoisotopic (exact) mass is 339 g/mol. The van der Waals surface area contributed by atoms with Crippen LogP contribution in [0.5, 0.6) is 0 Å². The van der Waals surface area contributed by atoms with Gasteiger partial charge in [0.15, 0.2) is 6.61 Å². The summed E-state index contributed by atoms with van der Waals surface area (Å²) in [5, 5.41) is 18.6. The largest absolute Gasteiger partial charge is 0.455 e. The Labute approximate surface area is 142 Å². The van der Waals surface area contributed by atoms with Crippen LogP contribution in [0.1, 0.15) is 11.5 Å². The third-order valence-electron chi connectivity index (χ3n) is 3.37. The quantitative estimate of drug-likeness (QED) is 0.386. The van der Waals surface area contributed by atoms with Crippen molar-refractivity contribution in [2.45, 2.75) is 13.0 Å². The van der Waals surface area contributed by atoms with Crippen molar-refractivity contribution in [1.82, 2.24) is 10.2 Å². The summed E-state index contributed by atoms with van der Waals surface area (Å²) in [6, 6.07) is 15.2. The number of nitro groups is 1. The first-order valence-electron chi connectivity index (χ1n) is 7.39. The van der Waals surface area contributed by atoms with Gasteiger partial charge in [-0.25, -0.2) is 0 Å². The van der Waals surface area contributed by atoms with E-state index in [-0.39, 0.29) is 30.2 Å². The summed E-state index contributed by atoms with van der Waals surface area (Å²) in [6.45, 7) is -0.195. The van der Waals surface area contributed by atoms with Crippen molar-refractivity contribution in [2.75, 3.05) is 0 Å². The van der Waals surface area contributed by atoms with Gasteiger partial charge in [0.2, 0.25) is 5.89 Å². The van der Waals surface area contributed by atoms with E-state index in [0.29, 0.717) is 5.89 Å². The molecule has 0 aliphatic heterocycles. The molecule has 3 rings (SSSR count). The van der Waals surface area contributed by atoms with Gasteiger partial charge in [0.05, 0.1) is 11.3 Å². The third-order valence-corrected chi connectivity index (χ3v) is 3.37. The first-order valence-corrected chi connectivity index (χ1v) is 7.39. The maximum absolute atomic E-state index is 11.9. The zero-order valence-electron chi connectivity index (χ0n) is 13.0. The number of hydrogen-bond donors (Lipinski definition) is 0. The summed E-state index contributed by atoms with van der Waals surface area (Å²) < 4.78 is 10.5. The summed E-state index contributed by atoms with van der Waals surface area (Å²) in [7, 11) is 0. The van der Waals surface area contributed by atoms with Crippen LogP contribution >= 0.6 is 0 Å². The highest BCUT2D eigenvalue weighted by atomic mass is 16.6. The normalized spacial score (nSPS) is 10.4. The molecule has 0 aliphatic rings. The Morgan fingerprint density at radius 1 is 1.08 bits per heavy atom. The zero-order chi connectivity index (χ0) is 17.6. The smallest absolute Gasteiger partial charge is 0.311 e. The molecular formula is C17H13N3O5. The molecule has 0 fully saturated rings. The number of nitro benzene ring substituents is 1. The molecular weight excluding hydrogens is 326 g/mol. The summed E-state index contributed by atoms with van der Waals surface area (Å²) >= 11 is 0. The second-order valence-electron chi connectivity index (χ2n) is 5.09. The molecule has 0 bridgehead atoms. The molecule has 0 unspecified atom stereocenters. The fourth-order valence-corrected chi connectivity index (χ4v) is 2.20. The van der Waals surface area contributed by atoms with Gasteiger partial charge in [-0.3, -0.25) is 14.9 Å². The van der Waals surface area contributed by atoms with E-state index in [1.54, 1.807) is 6.07 Å². The minimum Gasteiger partial charge on any atom is -0.455 e. The number of benzene rings is 2. The highest BCUT2D eigenvalue weighted by molar-refractivity contribution is 5.74. The number of carbonyl (C=O) groups excluding carboxylic acids is 1. The van der Waals surface area contributed by atoms with E-state index in [4.69, 9.17) is 9.15 Å². The van der Waals surface area contributed by atoms with E-state index >= 15 is 0 Å². The Balaban J connectivity index is 1.60. The predicted molar refractivity (Wildman–Crippen MR) is 86.3 cm³/mol. The molecule has 8 heteroatoms. The van der Waals surface area contributed by atoms with Crippen molar-refractivity contribution in [2.24, 2.45) is 0 Å². The van der Waals surface area contributed by atoms with Crippen molar-refractivity contribution in [3.8, 4) is 11.5 Å². The van der Waals surface area contributed by atoms with E-state index in [0.717, 1.165) is 5.56 Å². The van der Waals surface area contributed by atoms with Gasteiger partial charge in [-0.2, -0.15) is 0 Å². The standard InChI is InChI=1S/C17H13N3O5/c21-16(10-13-8-4-5-9-14(13)20(22)23)24-11-15-18-19-17(25-15)12-6-2-1-3-7-12/h1-9H,10-11H2. The molecule has 0 atom stereocenters. The van der Waals surface area contributed by atoms with Gasteiger partial charge in [0.25, 0.3) is 11.6 Å². The highest BCUT2D eigenvalue weighted by Crippen LogP contribution is 2.19. The van der Waals surface area contributed by atoms with Crippen LogP contribution in [0.4, 0.5) is 5.69 Å². The van der Waals surface area contributed by atoms with Crippen LogP contribution in [-0.2, 0) is 22.6 Å². The third kappa shape index (κ3) is 4.05. The number of esters is 1. The lowest BCUT2D eigenvalue weighted by Crippen LogP contribution is -2.09. The van der Waals surface area contributed by atoms with Crippen LogP contribution in [0.2, 0.25) is 0 Å². The van der Waals surface area contributed by atoms with E-state index in [1.165, 1.54) is 18.2 Å². The molecule has 1 aromatic heterocycles. The zero-order valence-corrected chi connectivity index (χ0v) is 13.0.